The van der Waals surface area contributed by atoms with Crippen LogP contribution in [0.1, 0.15) is 40.0 Å². The van der Waals surface area contributed by atoms with Crippen molar-refractivity contribution in [1.82, 2.24) is 9.29 Å². The van der Waals surface area contributed by atoms with E-state index in [1.165, 1.54) is 16.4 Å². The molecule has 0 bridgehead atoms. The van der Waals surface area contributed by atoms with Crippen LogP contribution in [-0.4, -0.2) is 48.4 Å². The van der Waals surface area contributed by atoms with E-state index in [4.69, 9.17) is 5.73 Å². The molecule has 10 heteroatoms. The Morgan fingerprint density at radius 3 is 2.29 bits per heavy atom. The minimum absolute atomic E-state index is 0.0308. The Hall–Kier alpha value is -2.43. The van der Waals surface area contributed by atoms with Gasteiger partial charge in [0, 0.05) is 24.5 Å². The highest BCUT2D eigenvalue weighted by molar-refractivity contribution is 8.00. The fourth-order valence-corrected chi connectivity index (χ4v) is 5.88. The second kappa shape index (κ2) is 9.37. The summed E-state index contributed by atoms with van der Waals surface area (Å²) in [5.41, 5.74) is 8.77. The lowest BCUT2D eigenvalue weighted by molar-refractivity contribution is -0.113. The third-order valence-electron chi connectivity index (χ3n) is 5.39. The molecule has 0 saturated carbocycles. The van der Waals surface area contributed by atoms with E-state index in [1.54, 1.807) is 12.1 Å². The summed E-state index contributed by atoms with van der Waals surface area (Å²) in [6, 6.07) is 6.13. The van der Waals surface area contributed by atoms with Gasteiger partial charge in [0.2, 0.25) is 15.9 Å². The van der Waals surface area contributed by atoms with E-state index in [-0.39, 0.29) is 16.6 Å². The molecular weight excluding hydrogens is 436 g/mol. The SMILES string of the molecule is Cc1nc(SCC(=O)Nc2ccc(S(=O)(=O)N3CCCC3)cc2)c(C(N)=O)c(C)c1C. The van der Waals surface area contributed by atoms with E-state index in [0.717, 1.165) is 41.4 Å². The number of primary amides is 1. The van der Waals surface area contributed by atoms with Gasteiger partial charge in [-0.15, -0.1) is 0 Å². The zero-order chi connectivity index (χ0) is 22.8. The minimum Gasteiger partial charge on any atom is -0.366 e. The Morgan fingerprint density at radius 2 is 1.71 bits per heavy atom. The van der Waals surface area contributed by atoms with Crippen LogP contribution in [0.25, 0.3) is 0 Å². The highest BCUT2D eigenvalue weighted by Crippen LogP contribution is 2.27. The molecule has 1 aliphatic heterocycles. The molecule has 1 saturated heterocycles. The van der Waals surface area contributed by atoms with Crippen molar-refractivity contribution in [3.05, 3.63) is 46.6 Å². The van der Waals surface area contributed by atoms with Crippen LogP contribution >= 0.6 is 11.8 Å². The van der Waals surface area contributed by atoms with Gasteiger partial charge in [0.15, 0.2) is 0 Å². The van der Waals surface area contributed by atoms with Crippen LogP contribution in [0.5, 0.6) is 0 Å². The van der Waals surface area contributed by atoms with Crippen molar-refractivity contribution in [2.24, 2.45) is 5.73 Å². The van der Waals surface area contributed by atoms with Crippen molar-refractivity contribution in [2.45, 2.75) is 43.5 Å². The third-order valence-corrected chi connectivity index (χ3v) is 8.28. The number of aromatic nitrogens is 1. The van der Waals surface area contributed by atoms with Crippen LogP contribution in [0, 0.1) is 20.8 Å². The number of nitrogens with two attached hydrogens (primary N) is 1. The van der Waals surface area contributed by atoms with E-state index in [0.29, 0.717) is 29.4 Å². The summed E-state index contributed by atoms with van der Waals surface area (Å²) in [5.74, 6) is -0.845. The number of hydrogen-bond donors (Lipinski definition) is 2. The number of anilines is 1. The standard InChI is InChI=1S/C21H26N4O4S2/c1-13-14(2)19(20(22)27)21(23-15(13)3)30-12-18(26)24-16-6-8-17(9-7-16)31(28,29)25-10-4-5-11-25/h6-9H,4-5,10-12H2,1-3H3,(H2,22,27)(H,24,26). The second-order valence-electron chi connectivity index (χ2n) is 7.46. The fourth-order valence-electron chi connectivity index (χ4n) is 3.42. The van der Waals surface area contributed by atoms with E-state index < -0.39 is 15.9 Å². The largest absolute Gasteiger partial charge is 0.366 e. The lowest BCUT2D eigenvalue weighted by Gasteiger charge is -2.16. The Balaban J connectivity index is 1.66. The molecule has 2 aromatic rings. The lowest BCUT2D eigenvalue weighted by Crippen LogP contribution is -2.27. The first kappa shape index (κ1) is 23.2. The summed E-state index contributed by atoms with van der Waals surface area (Å²) in [6.07, 6.45) is 1.74. The average Bonchev–Trinajstić information content (AvgIpc) is 3.26. The molecule has 1 aromatic carbocycles. The first-order chi connectivity index (χ1) is 14.6. The molecule has 0 spiro atoms. The molecule has 1 aromatic heterocycles. The number of thioether (sulfide) groups is 1. The molecule has 2 heterocycles. The molecule has 0 radical (unpaired) electrons. The van der Waals surface area contributed by atoms with Gasteiger partial charge < -0.3 is 11.1 Å². The monoisotopic (exact) mass is 462 g/mol. The molecule has 0 atom stereocenters. The average molecular weight is 463 g/mol. The van der Waals surface area contributed by atoms with Gasteiger partial charge in [0.25, 0.3) is 5.91 Å². The minimum atomic E-state index is -3.49. The van der Waals surface area contributed by atoms with Gasteiger partial charge in [-0.1, -0.05) is 11.8 Å². The maximum Gasteiger partial charge on any atom is 0.251 e. The van der Waals surface area contributed by atoms with E-state index in [9.17, 15) is 18.0 Å². The molecular formula is C21H26N4O4S2. The second-order valence-corrected chi connectivity index (χ2v) is 10.4. The third kappa shape index (κ3) is 5.08. The number of carbonyl (C=O) groups is 2. The first-order valence-electron chi connectivity index (χ1n) is 9.91. The van der Waals surface area contributed by atoms with Crippen LogP contribution in [0.2, 0.25) is 0 Å². The van der Waals surface area contributed by atoms with Gasteiger partial charge in [0.1, 0.15) is 5.03 Å². The number of benzene rings is 1. The molecule has 1 aliphatic rings. The predicted molar refractivity (Wildman–Crippen MR) is 121 cm³/mol. The Bertz CT molecular complexity index is 1110. The molecule has 3 N–H and O–H groups in total. The van der Waals surface area contributed by atoms with Crippen molar-refractivity contribution < 1.29 is 18.0 Å². The Morgan fingerprint density at radius 1 is 1.10 bits per heavy atom. The van der Waals surface area contributed by atoms with Crippen LogP contribution in [0.15, 0.2) is 34.2 Å². The summed E-state index contributed by atoms with van der Waals surface area (Å²) in [4.78, 5) is 28.9. The van der Waals surface area contributed by atoms with Crippen molar-refractivity contribution >= 4 is 39.3 Å². The maximum atomic E-state index is 12.6. The van der Waals surface area contributed by atoms with Crippen LogP contribution in [0.4, 0.5) is 5.69 Å². The number of hydrogen-bond acceptors (Lipinski definition) is 6. The first-order valence-corrected chi connectivity index (χ1v) is 12.3. The Labute approximate surface area is 186 Å². The summed E-state index contributed by atoms with van der Waals surface area (Å²) in [6.45, 7) is 6.61. The van der Waals surface area contributed by atoms with Gasteiger partial charge in [-0.05, 0) is 69.0 Å². The number of amides is 2. The van der Waals surface area contributed by atoms with Crippen LogP contribution in [-0.2, 0) is 14.8 Å². The van der Waals surface area contributed by atoms with Crippen molar-refractivity contribution in [3.63, 3.8) is 0 Å². The van der Waals surface area contributed by atoms with Crippen LogP contribution < -0.4 is 11.1 Å². The van der Waals surface area contributed by atoms with Gasteiger partial charge >= 0.3 is 0 Å². The fraction of sp³-hybridized carbons (Fsp3) is 0.381. The summed E-state index contributed by atoms with van der Waals surface area (Å²) in [5, 5.41) is 3.16. The van der Waals surface area contributed by atoms with E-state index >= 15 is 0 Å². The highest BCUT2D eigenvalue weighted by Gasteiger charge is 2.27. The zero-order valence-corrected chi connectivity index (χ0v) is 19.4. The number of sulfonamides is 1. The molecule has 166 valence electrons. The van der Waals surface area contributed by atoms with Gasteiger partial charge in [0.05, 0.1) is 16.2 Å². The predicted octanol–water partition coefficient (Wildman–Crippen LogP) is 2.62. The summed E-state index contributed by atoms with van der Waals surface area (Å²) >= 11 is 1.14. The van der Waals surface area contributed by atoms with Gasteiger partial charge in [-0.25, -0.2) is 13.4 Å². The summed E-state index contributed by atoms with van der Waals surface area (Å²) < 4.78 is 26.6. The molecule has 3 rings (SSSR count). The topological polar surface area (TPSA) is 122 Å². The molecule has 2 amide bonds. The number of carbonyl (C=O) groups excluding carboxylic acids is 2. The number of aryl methyl sites for hydroxylation is 1. The Kier molecular flexibility index (Phi) is 7.03. The van der Waals surface area contributed by atoms with Crippen molar-refractivity contribution in [2.75, 3.05) is 24.2 Å². The van der Waals surface area contributed by atoms with E-state index in [2.05, 4.69) is 10.3 Å². The van der Waals surface area contributed by atoms with E-state index in [1.807, 2.05) is 20.8 Å². The zero-order valence-electron chi connectivity index (χ0n) is 17.8. The smallest absolute Gasteiger partial charge is 0.251 e. The molecule has 31 heavy (non-hydrogen) atoms. The molecule has 8 nitrogen and oxygen atoms in total. The number of nitrogens with zero attached hydrogens (tertiary/aromatic N) is 2. The van der Waals surface area contributed by atoms with Gasteiger partial charge in [-0.3, -0.25) is 9.59 Å². The normalized spacial score (nSPS) is 14.5. The number of nitrogens with one attached hydrogen (secondary N) is 1. The van der Waals surface area contributed by atoms with Crippen molar-refractivity contribution in [1.29, 1.82) is 0 Å². The molecule has 1 fully saturated rings. The van der Waals surface area contributed by atoms with Crippen LogP contribution in [0.3, 0.4) is 0 Å². The van der Waals surface area contributed by atoms with Crippen molar-refractivity contribution in [3.8, 4) is 0 Å². The summed E-state index contributed by atoms with van der Waals surface area (Å²) in [7, 11) is -3.49. The number of rotatable bonds is 7. The molecule has 0 unspecified atom stereocenters. The van der Waals surface area contributed by atoms with Gasteiger partial charge in [-0.2, -0.15) is 4.31 Å². The number of pyridine rings is 1. The highest BCUT2D eigenvalue weighted by atomic mass is 32.2. The quantitative estimate of drug-likeness (QED) is 0.610. The molecule has 0 aliphatic carbocycles. The lowest BCUT2D eigenvalue weighted by atomic mass is 10.0. The maximum absolute atomic E-state index is 12.6.